The largest absolute Gasteiger partial charge is 0.465 e. The highest BCUT2D eigenvalue weighted by molar-refractivity contribution is 5.83. The summed E-state index contributed by atoms with van der Waals surface area (Å²) >= 11 is 0. The first-order valence-corrected chi connectivity index (χ1v) is 11.3. The third kappa shape index (κ3) is 5.33. The second-order valence-corrected chi connectivity index (χ2v) is 9.20. The van der Waals surface area contributed by atoms with Crippen LogP contribution in [0.15, 0.2) is 49.1 Å². The first kappa shape index (κ1) is 24.5. The van der Waals surface area contributed by atoms with Crippen LogP contribution in [0.1, 0.15) is 6.92 Å². The minimum Gasteiger partial charge on any atom is -0.465 e. The van der Waals surface area contributed by atoms with E-state index in [0.29, 0.717) is 40.3 Å². The number of carboxylic acid groups (broad SMARTS) is 1. The fourth-order valence-electron chi connectivity index (χ4n) is 4.36. The molecule has 14 heteroatoms. The molecule has 1 atom stereocenters. The second-order valence-electron chi connectivity index (χ2n) is 9.20. The van der Waals surface area contributed by atoms with Crippen LogP contribution in [0.2, 0.25) is 0 Å². The Morgan fingerprint density at radius 3 is 2.65 bits per heavy atom. The maximum Gasteiger partial charge on any atom is 0.408 e. The van der Waals surface area contributed by atoms with Gasteiger partial charge in [0.25, 0.3) is 0 Å². The van der Waals surface area contributed by atoms with Gasteiger partial charge in [-0.15, -0.1) is 0 Å². The molecule has 37 heavy (non-hydrogen) atoms. The number of pyridine rings is 2. The summed E-state index contributed by atoms with van der Waals surface area (Å²) in [6, 6.07) is 7.00. The lowest BCUT2D eigenvalue weighted by atomic mass is 10.1. The molecule has 0 radical (unpaired) electrons. The van der Waals surface area contributed by atoms with Crippen molar-refractivity contribution >= 4 is 22.8 Å². The number of rotatable bonds is 4. The minimum atomic E-state index is -4.39. The molecule has 5 heterocycles. The Labute approximate surface area is 208 Å². The van der Waals surface area contributed by atoms with E-state index in [9.17, 15) is 28.2 Å². The van der Waals surface area contributed by atoms with Gasteiger partial charge in [0, 0.05) is 43.0 Å². The van der Waals surface area contributed by atoms with Crippen LogP contribution in [-0.2, 0) is 6.54 Å². The van der Waals surface area contributed by atoms with Crippen molar-refractivity contribution in [2.45, 2.75) is 25.2 Å². The van der Waals surface area contributed by atoms with Crippen LogP contribution < -0.4 is 4.90 Å². The highest BCUT2D eigenvalue weighted by Crippen LogP contribution is 2.26. The summed E-state index contributed by atoms with van der Waals surface area (Å²) in [5.74, 6) is 1.01. The minimum absolute atomic E-state index is 0.0162. The van der Waals surface area contributed by atoms with Gasteiger partial charge >= 0.3 is 12.3 Å². The zero-order valence-electron chi connectivity index (χ0n) is 19.7. The topological polar surface area (TPSA) is 125 Å². The number of anilines is 1. The SMILES string of the molecule is CC1(O)CN(C(=O)O)CCN(c2cccc(-n3ncc4cnc(-c5cnn(CC(F)(F)F)c5)cc43)n2)C1. The van der Waals surface area contributed by atoms with Crippen LogP contribution in [0.3, 0.4) is 0 Å². The average Bonchev–Trinajstić information content (AvgIpc) is 3.42. The summed E-state index contributed by atoms with van der Waals surface area (Å²) in [5, 5.41) is 29.0. The van der Waals surface area contributed by atoms with Gasteiger partial charge in [-0.05, 0) is 25.1 Å². The first-order chi connectivity index (χ1) is 17.5. The van der Waals surface area contributed by atoms with Crippen molar-refractivity contribution in [3.63, 3.8) is 0 Å². The van der Waals surface area contributed by atoms with Crippen LogP contribution in [0.4, 0.5) is 23.8 Å². The molecule has 0 aromatic carbocycles. The van der Waals surface area contributed by atoms with Gasteiger partial charge in [-0.2, -0.15) is 23.4 Å². The van der Waals surface area contributed by atoms with Crippen molar-refractivity contribution in [2.24, 2.45) is 0 Å². The second kappa shape index (κ2) is 9.03. The van der Waals surface area contributed by atoms with Crippen molar-refractivity contribution in [3.05, 3.63) is 49.1 Å². The highest BCUT2D eigenvalue weighted by atomic mass is 19.4. The summed E-state index contributed by atoms with van der Waals surface area (Å²) in [6.45, 7) is 1.10. The van der Waals surface area contributed by atoms with Crippen molar-refractivity contribution in [1.82, 2.24) is 34.4 Å². The van der Waals surface area contributed by atoms with E-state index in [1.165, 1.54) is 17.3 Å². The van der Waals surface area contributed by atoms with Gasteiger partial charge in [0.1, 0.15) is 12.4 Å². The molecule has 5 rings (SSSR count). The van der Waals surface area contributed by atoms with E-state index >= 15 is 0 Å². The molecule has 11 nitrogen and oxygen atoms in total. The number of aromatic nitrogens is 6. The van der Waals surface area contributed by atoms with E-state index in [0.717, 1.165) is 4.68 Å². The van der Waals surface area contributed by atoms with Crippen LogP contribution >= 0.6 is 0 Å². The fraction of sp³-hybridized carbons (Fsp3) is 0.348. The van der Waals surface area contributed by atoms with E-state index < -0.39 is 24.4 Å². The molecule has 0 aliphatic carbocycles. The Kier molecular flexibility index (Phi) is 5.98. The van der Waals surface area contributed by atoms with Gasteiger partial charge in [0.2, 0.25) is 0 Å². The lowest BCUT2D eigenvalue weighted by Gasteiger charge is -2.29. The molecule has 1 aliphatic rings. The third-order valence-electron chi connectivity index (χ3n) is 5.96. The highest BCUT2D eigenvalue weighted by Gasteiger charge is 2.33. The number of carbonyl (C=O) groups is 1. The predicted molar refractivity (Wildman–Crippen MR) is 126 cm³/mol. The van der Waals surface area contributed by atoms with Crippen LogP contribution in [0.25, 0.3) is 28.0 Å². The molecule has 4 aromatic heterocycles. The van der Waals surface area contributed by atoms with Gasteiger partial charge in [-0.1, -0.05) is 6.07 Å². The summed E-state index contributed by atoms with van der Waals surface area (Å²) in [5.41, 5.74) is 0.215. The number of halogens is 3. The number of aliphatic hydroxyl groups is 1. The van der Waals surface area contributed by atoms with Gasteiger partial charge in [-0.25, -0.2) is 14.5 Å². The summed E-state index contributed by atoms with van der Waals surface area (Å²) in [4.78, 5) is 23.5. The monoisotopic (exact) mass is 516 g/mol. The molecule has 2 N–H and O–H groups in total. The molecule has 1 saturated heterocycles. The fourth-order valence-corrected chi connectivity index (χ4v) is 4.36. The quantitative estimate of drug-likeness (QED) is 0.424. The number of hydrogen-bond acceptors (Lipinski definition) is 7. The number of fused-ring (bicyclic) bond motifs is 1. The zero-order valence-corrected chi connectivity index (χ0v) is 19.7. The Hall–Kier alpha value is -4.20. The molecule has 0 saturated carbocycles. The van der Waals surface area contributed by atoms with Crippen LogP contribution in [0, 0.1) is 0 Å². The van der Waals surface area contributed by atoms with Gasteiger partial charge < -0.3 is 20.0 Å². The lowest BCUT2D eigenvalue weighted by molar-refractivity contribution is -0.142. The van der Waals surface area contributed by atoms with Crippen LogP contribution in [0.5, 0.6) is 0 Å². The Morgan fingerprint density at radius 1 is 1.11 bits per heavy atom. The normalized spacial score (nSPS) is 18.8. The van der Waals surface area contributed by atoms with E-state index in [1.807, 2.05) is 4.90 Å². The molecular formula is C23H23F3N8O3. The maximum absolute atomic E-state index is 12.7. The Morgan fingerprint density at radius 2 is 1.89 bits per heavy atom. The first-order valence-electron chi connectivity index (χ1n) is 11.3. The predicted octanol–water partition coefficient (Wildman–Crippen LogP) is 2.79. The zero-order chi connectivity index (χ0) is 26.4. The standard InChI is InChI=1S/C23H23F3N8O3/c1-22(37)12-31(5-6-32(13-22)21(35)36)19-3-2-4-20(30-19)34-18-7-17(27-8-15(18)9-29-34)16-10-28-33(11-16)14-23(24,25)26/h2-4,7-11,37H,5-6,12-14H2,1H3,(H,35,36). The molecule has 1 fully saturated rings. The number of β-amino-alcohol motifs (C(OH)–C–C–N with tert-alkyl or cyclic N) is 1. The summed E-state index contributed by atoms with van der Waals surface area (Å²) in [7, 11) is 0. The summed E-state index contributed by atoms with van der Waals surface area (Å²) in [6.07, 6.45) is 0.307. The van der Waals surface area contributed by atoms with Gasteiger partial charge in [0.15, 0.2) is 5.82 Å². The van der Waals surface area contributed by atoms with E-state index in [1.54, 1.807) is 48.3 Å². The molecule has 1 amide bonds. The molecule has 1 unspecified atom stereocenters. The number of hydrogen-bond donors (Lipinski definition) is 2. The lowest BCUT2D eigenvalue weighted by Crippen LogP contribution is -2.45. The molecule has 194 valence electrons. The molecular weight excluding hydrogens is 493 g/mol. The number of amides is 1. The molecule has 1 aliphatic heterocycles. The summed E-state index contributed by atoms with van der Waals surface area (Å²) < 4.78 is 40.5. The van der Waals surface area contributed by atoms with Gasteiger partial charge in [0.05, 0.1) is 35.8 Å². The third-order valence-corrected chi connectivity index (χ3v) is 5.96. The smallest absolute Gasteiger partial charge is 0.408 e. The average molecular weight is 516 g/mol. The molecule has 4 aromatic rings. The molecule has 0 spiro atoms. The van der Waals surface area contributed by atoms with Crippen molar-refractivity contribution < 1.29 is 28.2 Å². The Bertz CT molecular complexity index is 1450. The number of nitrogens with zero attached hydrogens (tertiary/aromatic N) is 8. The van der Waals surface area contributed by atoms with E-state index in [4.69, 9.17) is 4.98 Å². The van der Waals surface area contributed by atoms with E-state index in [-0.39, 0.29) is 19.6 Å². The maximum atomic E-state index is 12.7. The van der Waals surface area contributed by atoms with E-state index in [2.05, 4.69) is 15.2 Å². The number of alkyl halides is 3. The molecule has 0 bridgehead atoms. The van der Waals surface area contributed by atoms with Crippen molar-refractivity contribution in [3.8, 4) is 17.1 Å². The van der Waals surface area contributed by atoms with Crippen LogP contribution in [-0.4, -0.2) is 88.7 Å². The van der Waals surface area contributed by atoms with Gasteiger partial charge in [-0.3, -0.25) is 9.67 Å². The Balaban J connectivity index is 1.46. The van der Waals surface area contributed by atoms with Crippen molar-refractivity contribution in [2.75, 3.05) is 31.1 Å². The van der Waals surface area contributed by atoms with Crippen molar-refractivity contribution in [1.29, 1.82) is 0 Å².